The van der Waals surface area contributed by atoms with Crippen molar-refractivity contribution < 1.29 is 0 Å². The number of hydrogen-bond donors (Lipinski definition) is 1. The van der Waals surface area contributed by atoms with E-state index in [1.165, 1.54) is 57.1 Å². The van der Waals surface area contributed by atoms with Gasteiger partial charge < -0.3 is 9.88 Å². The molecule has 1 aromatic heterocycles. The highest BCUT2D eigenvalue weighted by atomic mass is 15.1. The first kappa shape index (κ1) is 13.6. The third-order valence-electron chi connectivity index (χ3n) is 3.70. The topological polar surface area (TPSA) is 29.9 Å². The summed E-state index contributed by atoms with van der Waals surface area (Å²) in [6.07, 6.45) is 14.9. The largest absolute Gasteiger partial charge is 0.330 e. The third kappa shape index (κ3) is 4.45. The molecule has 1 aromatic rings. The highest BCUT2D eigenvalue weighted by Crippen LogP contribution is 2.35. The lowest BCUT2D eigenvalue weighted by Crippen LogP contribution is -2.17. The maximum atomic E-state index is 4.26. The second-order valence-electron chi connectivity index (χ2n) is 5.47. The Labute approximate surface area is 111 Å². The summed E-state index contributed by atoms with van der Waals surface area (Å²) in [4.78, 5) is 4.26. The molecule has 1 fully saturated rings. The van der Waals surface area contributed by atoms with E-state index in [0.717, 1.165) is 19.1 Å². The van der Waals surface area contributed by atoms with E-state index < -0.39 is 0 Å². The molecule has 1 aliphatic carbocycles. The molecular weight excluding hydrogens is 222 g/mol. The van der Waals surface area contributed by atoms with Crippen LogP contribution in [0, 0.1) is 0 Å². The lowest BCUT2D eigenvalue weighted by molar-refractivity contribution is 0.559. The summed E-state index contributed by atoms with van der Waals surface area (Å²) in [5.74, 6) is 0. The Morgan fingerprint density at radius 2 is 2.00 bits per heavy atom. The molecule has 18 heavy (non-hydrogen) atoms. The molecule has 2 rings (SSSR count). The van der Waals surface area contributed by atoms with Crippen LogP contribution < -0.4 is 5.32 Å². The van der Waals surface area contributed by atoms with Crippen molar-refractivity contribution in [1.29, 1.82) is 0 Å². The molecule has 3 nitrogen and oxygen atoms in total. The first-order valence-corrected chi connectivity index (χ1v) is 7.63. The second-order valence-corrected chi connectivity index (χ2v) is 5.47. The Morgan fingerprint density at radius 1 is 1.22 bits per heavy atom. The number of unbranched alkanes of at least 4 members (excludes halogenated alkanes) is 5. The predicted molar refractivity (Wildman–Crippen MR) is 75.6 cm³/mol. The van der Waals surface area contributed by atoms with Gasteiger partial charge in [-0.25, -0.2) is 4.98 Å². The second kappa shape index (κ2) is 7.57. The minimum Gasteiger partial charge on any atom is -0.330 e. The quantitative estimate of drug-likeness (QED) is 0.641. The molecule has 0 radical (unpaired) electrons. The van der Waals surface area contributed by atoms with Gasteiger partial charge in [0.1, 0.15) is 0 Å². The molecule has 0 unspecified atom stereocenters. The lowest BCUT2D eigenvalue weighted by atomic mass is 10.1. The number of rotatable bonds is 10. The van der Waals surface area contributed by atoms with Crippen molar-refractivity contribution >= 4 is 0 Å². The summed E-state index contributed by atoms with van der Waals surface area (Å²) in [6, 6.07) is 0.748. The van der Waals surface area contributed by atoms with Gasteiger partial charge in [-0.1, -0.05) is 39.0 Å². The molecule has 0 amide bonds. The van der Waals surface area contributed by atoms with Crippen LogP contribution in [0.1, 0.15) is 70.0 Å². The highest BCUT2D eigenvalue weighted by Gasteiger charge is 2.24. The zero-order valence-corrected chi connectivity index (χ0v) is 11.7. The molecule has 102 valence electrons. The molecule has 1 N–H and O–H groups in total. The molecule has 3 heteroatoms. The number of nitrogens with zero attached hydrogens (tertiary/aromatic N) is 2. The zero-order chi connectivity index (χ0) is 12.6. The molecule has 1 aliphatic rings. The van der Waals surface area contributed by atoms with Crippen molar-refractivity contribution in [1.82, 2.24) is 14.9 Å². The number of imidazole rings is 1. The average Bonchev–Trinajstić information content (AvgIpc) is 3.12. The standard InChI is InChI=1S/C15H27N3/c1-2-3-4-5-6-7-10-16-11-15-12-17-13-18(15)14-8-9-14/h12-14,16H,2-11H2,1H3. The van der Waals surface area contributed by atoms with Crippen LogP contribution in [0.2, 0.25) is 0 Å². The van der Waals surface area contributed by atoms with Crippen molar-refractivity contribution in [3.8, 4) is 0 Å². The fraction of sp³-hybridized carbons (Fsp3) is 0.800. The minimum absolute atomic E-state index is 0.748. The van der Waals surface area contributed by atoms with Crippen LogP contribution in [-0.2, 0) is 6.54 Å². The summed E-state index contributed by atoms with van der Waals surface area (Å²) >= 11 is 0. The van der Waals surface area contributed by atoms with Crippen molar-refractivity contribution in [2.45, 2.75) is 70.9 Å². The van der Waals surface area contributed by atoms with E-state index in [9.17, 15) is 0 Å². The van der Waals surface area contributed by atoms with E-state index in [2.05, 4.69) is 21.8 Å². The maximum absolute atomic E-state index is 4.26. The summed E-state index contributed by atoms with van der Waals surface area (Å²) in [5.41, 5.74) is 1.35. The molecule has 0 aliphatic heterocycles. The van der Waals surface area contributed by atoms with Crippen LogP contribution in [0.4, 0.5) is 0 Å². The van der Waals surface area contributed by atoms with Crippen LogP contribution in [-0.4, -0.2) is 16.1 Å². The zero-order valence-electron chi connectivity index (χ0n) is 11.7. The van der Waals surface area contributed by atoms with Crippen LogP contribution in [0.5, 0.6) is 0 Å². The molecule has 1 saturated carbocycles. The van der Waals surface area contributed by atoms with Gasteiger partial charge in [0.25, 0.3) is 0 Å². The Morgan fingerprint density at radius 3 is 2.78 bits per heavy atom. The maximum Gasteiger partial charge on any atom is 0.0951 e. The van der Waals surface area contributed by atoms with Crippen molar-refractivity contribution in [2.24, 2.45) is 0 Å². The first-order valence-electron chi connectivity index (χ1n) is 7.63. The molecular formula is C15H27N3. The van der Waals surface area contributed by atoms with Gasteiger partial charge in [0, 0.05) is 18.8 Å². The predicted octanol–water partition coefficient (Wildman–Crippen LogP) is 3.67. The van der Waals surface area contributed by atoms with E-state index in [-0.39, 0.29) is 0 Å². The summed E-state index contributed by atoms with van der Waals surface area (Å²) < 4.78 is 2.34. The van der Waals surface area contributed by atoms with E-state index in [1.54, 1.807) is 0 Å². The van der Waals surface area contributed by atoms with E-state index in [0.29, 0.717) is 0 Å². The van der Waals surface area contributed by atoms with Gasteiger partial charge in [-0.3, -0.25) is 0 Å². The summed E-state index contributed by atoms with van der Waals surface area (Å²) in [5, 5.41) is 3.54. The fourth-order valence-electron chi connectivity index (χ4n) is 2.40. The van der Waals surface area contributed by atoms with Gasteiger partial charge in [0.15, 0.2) is 0 Å². The molecule has 0 saturated heterocycles. The normalized spacial score (nSPS) is 15.2. The Kier molecular flexibility index (Phi) is 5.72. The average molecular weight is 249 g/mol. The molecule has 0 spiro atoms. The molecule has 0 atom stereocenters. The van der Waals surface area contributed by atoms with Gasteiger partial charge in [-0.2, -0.15) is 0 Å². The van der Waals surface area contributed by atoms with Gasteiger partial charge in [-0.15, -0.1) is 0 Å². The number of hydrogen-bond acceptors (Lipinski definition) is 2. The van der Waals surface area contributed by atoms with E-state index >= 15 is 0 Å². The van der Waals surface area contributed by atoms with Crippen LogP contribution in [0.25, 0.3) is 0 Å². The Bertz CT molecular complexity index is 328. The SMILES string of the molecule is CCCCCCCCNCc1cncn1C1CC1. The smallest absolute Gasteiger partial charge is 0.0951 e. The Hall–Kier alpha value is -0.830. The molecule has 1 heterocycles. The number of nitrogens with one attached hydrogen (secondary N) is 1. The lowest BCUT2D eigenvalue weighted by Gasteiger charge is -2.08. The van der Waals surface area contributed by atoms with Gasteiger partial charge in [0.05, 0.1) is 12.0 Å². The third-order valence-corrected chi connectivity index (χ3v) is 3.70. The fourth-order valence-corrected chi connectivity index (χ4v) is 2.40. The van der Waals surface area contributed by atoms with Crippen molar-refractivity contribution in [3.05, 3.63) is 18.2 Å². The first-order chi connectivity index (χ1) is 8.92. The monoisotopic (exact) mass is 249 g/mol. The van der Waals surface area contributed by atoms with Crippen LogP contribution >= 0.6 is 0 Å². The van der Waals surface area contributed by atoms with Crippen LogP contribution in [0.15, 0.2) is 12.5 Å². The highest BCUT2D eigenvalue weighted by molar-refractivity contribution is 5.03. The minimum atomic E-state index is 0.748. The van der Waals surface area contributed by atoms with Crippen molar-refractivity contribution in [3.63, 3.8) is 0 Å². The van der Waals surface area contributed by atoms with E-state index in [4.69, 9.17) is 0 Å². The summed E-state index contributed by atoms with van der Waals surface area (Å²) in [6.45, 7) is 4.39. The summed E-state index contributed by atoms with van der Waals surface area (Å²) in [7, 11) is 0. The van der Waals surface area contributed by atoms with Crippen molar-refractivity contribution in [2.75, 3.05) is 6.54 Å². The van der Waals surface area contributed by atoms with Gasteiger partial charge in [0.2, 0.25) is 0 Å². The van der Waals surface area contributed by atoms with Gasteiger partial charge >= 0.3 is 0 Å². The van der Waals surface area contributed by atoms with Crippen LogP contribution in [0.3, 0.4) is 0 Å². The Balaban J connectivity index is 1.51. The number of aromatic nitrogens is 2. The molecule has 0 bridgehead atoms. The van der Waals surface area contributed by atoms with E-state index in [1.807, 2.05) is 12.5 Å². The van der Waals surface area contributed by atoms with Gasteiger partial charge in [-0.05, 0) is 25.8 Å². The molecule has 0 aromatic carbocycles.